The molecular weight excluding hydrogens is 250 g/mol. The van der Waals surface area contributed by atoms with Crippen LogP contribution in [0, 0.1) is 18.3 Å². The fourth-order valence-corrected chi connectivity index (χ4v) is 2.11. The van der Waals surface area contributed by atoms with Crippen LogP contribution in [0.15, 0.2) is 48.5 Å². The quantitative estimate of drug-likeness (QED) is 0.795. The Hall–Kier alpha value is -2.60. The summed E-state index contributed by atoms with van der Waals surface area (Å²) in [5, 5.41) is 9.35. The summed E-state index contributed by atoms with van der Waals surface area (Å²) in [4.78, 5) is 12.5. The number of benzene rings is 2. The second kappa shape index (κ2) is 6.03. The largest absolute Gasteiger partial charge is 0.497 e. The van der Waals surface area contributed by atoms with Crippen LogP contribution < -0.4 is 4.74 Å². The molecule has 1 unspecified atom stereocenters. The van der Waals surface area contributed by atoms with Crippen LogP contribution in [0.2, 0.25) is 0 Å². The van der Waals surface area contributed by atoms with Crippen LogP contribution in [0.3, 0.4) is 0 Å². The summed E-state index contributed by atoms with van der Waals surface area (Å²) in [6, 6.07) is 16.5. The minimum atomic E-state index is -0.814. The first kappa shape index (κ1) is 13.8. The van der Waals surface area contributed by atoms with Gasteiger partial charge in [-0.05, 0) is 30.2 Å². The second-order valence-electron chi connectivity index (χ2n) is 4.52. The summed E-state index contributed by atoms with van der Waals surface area (Å²) in [6.07, 6.45) is 0. The number of rotatable bonds is 4. The van der Waals surface area contributed by atoms with Crippen LogP contribution >= 0.6 is 0 Å². The molecule has 100 valence electrons. The zero-order valence-corrected chi connectivity index (χ0v) is 11.5. The van der Waals surface area contributed by atoms with Gasteiger partial charge in [-0.2, -0.15) is 5.26 Å². The molecule has 20 heavy (non-hydrogen) atoms. The van der Waals surface area contributed by atoms with E-state index >= 15 is 0 Å². The molecule has 0 saturated carbocycles. The molecule has 0 bridgehead atoms. The molecule has 0 amide bonds. The number of aryl methyl sites for hydroxylation is 1. The van der Waals surface area contributed by atoms with Crippen LogP contribution in [-0.2, 0) is 0 Å². The number of carbonyl (C=O) groups is 1. The van der Waals surface area contributed by atoms with Crippen molar-refractivity contribution in [2.75, 3.05) is 7.11 Å². The van der Waals surface area contributed by atoms with Crippen molar-refractivity contribution in [1.82, 2.24) is 0 Å². The summed E-state index contributed by atoms with van der Waals surface area (Å²) in [5.41, 5.74) is 2.11. The van der Waals surface area contributed by atoms with Gasteiger partial charge < -0.3 is 4.74 Å². The molecule has 0 fully saturated rings. The van der Waals surface area contributed by atoms with Crippen molar-refractivity contribution in [3.63, 3.8) is 0 Å². The van der Waals surface area contributed by atoms with Crippen molar-refractivity contribution >= 4 is 5.78 Å². The van der Waals surface area contributed by atoms with Crippen molar-refractivity contribution in [3.8, 4) is 11.8 Å². The lowest BCUT2D eigenvalue weighted by Crippen LogP contribution is -2.12. The van der Waals surface area contributed by atoms with Gasteiger partial charge in [-0.15, -0.1) is 0 Å². The highest BCUT2D eigenvalue weighted by Crippen LogP contribution is 2.25. The Bertz CT molecular complexity index is 671. The molecule has 0 radical (unpaired) electrons. The van der Waals surface area contributed by atoms with E-state index < -0.39 is 5.92 Å². The number of nitrogens with zero attached hydrogens (tertiary/aromatic N) is 1. The summed E-state index contributed by atoms with van der Waals surface area (Å²) < 4.78 is 5.14. The molecule has 3 nitrogen and oxygen atoms in total. The molecule has 2 rings (SSSR count). The normalized spacial score (nSPS) is 11.4. The van der Waals surface area contributed by atoms with Gasteiger partial charge in [-0.3, -0.25) is 4.79 Å². The van der Waals surface area contributed by atoms with Crippen LogP contribution in [0.1, 0.15) is 27.4 Å². The molecule has 1 atom stereocenters. The Morgan fingerprint density at radius 3 is 2.60 bits per heavy atom. The van der Waals surface area contributed by atoms with Gasteiger partial charge in [-0.25, -0.2) is 0 Å². The van der Waals surface area contributed by atoms with Crippen molar-refractivity contribution in [2.45, 2.75) is 12.8 Å². The molecule has 0 aliphatic rings. The Morgan fingerprint density at radius 2 is 1.95 bits per heavy atom. The summed E-state index contributed by atoms with van der Waals surface area (Å²) in [6.45, 7) is 1.87. The monoisotopic (exact) mass is 265 g/mol. The average molecular weight is 265 g/mol. The number of hydrogen-bond donors (Lipinski definition) is 0. The van der Waals surface area contributed by atoms with E-state index in [9.17, 15) is 10.1 Å². The van der Waals surface area contributed by atoms with Gasteiger partial charge in [0.1, 0.15) is 11.7 Å². The molecule has 0 N–H and O–H groups in total. The maximum absolute atomic E-state index is 12.5. The van der Waals surface area contributed by atoms with Crippen molar-refractivity contribution in [1.29, 1.82) is 5.26 Å². The van der Waals surface area contributed by atoms with E-state index in [1.54, 1.807) is 43.5 Å². The highest BCUT2D eigenvalue weighted by atomic mass is 16.5. The van der Waals surface area contributed by atoms with Gasteiger partial charge in [0.2, 0.25) is 0 Å². The van der Waals surface area contributed by atoms with Gasteiger partial charge in [0, 0.05) is 5.56 Å². The first-order chi connectivity index (χ1) is 9.67. The summed E-state index contributed by atoms with van der Waals surface area (Å²) in [5.74, 6) is -0.356. The highest BCUT2D eigenvalue weighted by Gasteiger charge is 2.23. The van der Waals surface area contributed by atoms with Crippen molar-refractivity contribution in [2.24, 2.45) is 0 Å². The van der Waals surface area contributed by atoms with Crippen LogP contribution in [0.25, 0.3) is 0 Å². The third-order valence-corrected chi connectivity index (χ3v) is 3.23. The fraction of sp³-hybridized carbons (Fsp3) is 0.176. The topological polar surface area (TPSA) is 50.1 Å². The molecule has 0 aromatic heterocycles. The van der Waals surface area contributed by atoms with Gasteiger partial charge in [0.15, 0.2) is 5.78 Å². The van der Waals surface area contributed by atoms with Gasteiger partial charge >= 0.3 is 0 Å². The fourth-order valence-electron chi connectivity index (χ4n) is 2.11. The molecule has 3 heteroatoms. The minimum Gasteiger partial charge on any atom is -0.497 e. The van der Waals surface area contributed by atoms with Crippen LogP contribution in [0.5, 0.6) is 5.75 Å². The number of nitriles is 1. The highest BCUT2D eigenvalue weighted by molar-refractivity contribution is 6.03. The van der Waals surface area contributed by atoms with E-state index in [1.807, 2.05) is 19.1 Å². The predicted octanol–water partition coefficient (Wildman–Crippen LogP) is 3.49. The number of methoxy groups -OCH3 is 1. The van der Waals surface area contributed by atoms with Crippen molar-refractivity contribution < 1.29 is 9.53 Å². The van der Waals surface area contributed by atoms with E-state index in [0.717, 1.165) is 5.56 Å². The Balaban J connectivity index is 2.40. The first-order valence-corrected chi connectivity index (χ1v) is 6.30. The van der Waals surface area contributed by atoms with E-state index in [4.69, 9.17) is 4.74 Å². The number of Topliss-reactive ketones (excluding diaryl/α,β-unsaturated/α-hetero) is 1. The molecule has 0 saturated heterocycles. The van der Waals surface area contributed by atoms with E-state index in [2.05, 4.69) is 6.07 Å². The zero-order valence-electron chi connectivity index (χ0n) is 11.5. The minimum absolute atomic E-state index is 0.182. The summed E-state index contributed by atoms with van der Waals surface area (Å²) in [7, 11) is 1.56. The molecule has 0 aliphatic carbocycles. The standard InChI is InChI=1S/C17H15NO2/c1-12-6-3-4-9-15(12)17(19)16(11-18)13-7-5-8-14(10-13)20-2/h3-10,16H,1-2H3. The number of ether oxygens (including phenoxy) is 1. The van der Waals surface area contributed by atoms with Crippen LogP contribution in [-0.4, -0.2) is 12.9 Å². The van der Waals surface area contributed by atoms with E-state index in [1.165, 1.54) is 0 Å². The lowest BCUT2D eigenvalue weighted by Gasteiger charge is -2.11. The zero-order chi connectivity index (χ0) is 14.5. The van der Waals surface area contributed by atoms with Gasteiger partial charge in [0.25, 0.3) is 0 Å². The molecule has 2 aromatic carbocycles. The second-order valence-corrected chi connectivity index (χ2v) is 4.52. The molecule has 0 spiro atoms. The predicted molar refractivity (Wildman–Crippen MR) is 76.9 cm³/mol. The number of carbonyl (C=O) groups excluding carboxylic acids is 1. The number of hydrogen-bond acceptors (Lipinski definition) is 3. The van der Waals surface area contributed by atoms with E-state index in [0.29, 0.717) is 16.9 Å². The molecule has 0 heterocycles. The maximum Gasteiger partial charge on any atom is 0.184 e. The van der Waals surface area contributed by atoms with Gasteiger partial charge in [-0.1, -0.05) is 36.4 Å². The smallest absolute Gasteiger partial charge is 0.184 e. The molecule has 0 aliphatic heterocycles. The third-order valence-electron chi connectivity index (χ3n) is 3.23. The molecule has 2 aromatic rings. The molecular formula is C17H15NO2. The Kier molecular flexibility index (Phi) is 4.17. The maximum atomic E-state index is 12.5. The first-order valence-electron chi connectivity index (χ1n) is 6.30. The van der Waals surface area contributed by atoms with Crippen LogP contribution in [0.4, 0.5) is 0 Å². The summed E-state index contributed by atoms with van der Waals surface area (Å²) >= 11 is 0. The average Bonchev–Trinajstić information content (AvgIpc) is 2.48. The van der Waals surface area contributed by atoms with Gasteiger partial charge in [0.05, 0.1) is 13.2 Å². The lowest BCUT2D eigenvalue weighted by molar-refractivity contribution is 0.0978. The Labute approximate surface area is 118 Å². The Morgan fingerprint density at radius 1 is 1.20 bits per heavy atom. The number of ketones is 1. The SMILES string of the molecule is COc1cccc(C(C#N)C(=O)c2ccccc2C)c1. The third kappa shape index (κ3) is 2.70. The van der Waals surface area contributed by atoms with Crippen molar-refractivity contribution in [3.05, 3.63) is 65.2 Å². The lowest BCUT2D eigenvalue weighted by atomic mass is 9.90. The van der Waals surface area contributed by atoms with E-state index in [-0.39, 0.29) is 5.78 Å².